The number of carbonyl (C=O) groups excluding carboxylic acids is 2. The number of benzene rings is 2. The molecule has 1 atom stereocenters. The van der Waals surface area contributed by atoms with Gasteiger partial charge in [0.05, 0.1) is 11.4 Å². The second-order valence-corrected chi connectivity index (χ2v) is 7.56. The molecule has 2 aliphatic rings. The SMILES string of the molecule is CCc1ccc(NC(=O)CSC2=Nc3ccccc3C3=NC(=O)C(C)N23)cc1. The number of carbonyl (C=O) groups is 2. The highest BCUT2D eigenvalue weighted by atomic mass is 32.2. The molecule has 2 heterocycles. The van der Waals surface area contributed by atoms with Crippen LogP contribution in [0.15, 0.2) is 58.5 Å². The molecule has 2 aromatic rings. The van der Waals surface area contributed by atoms with E-state index in [0.29, 0.717) is 11.0 Å². The summed E-state index contributed by atoms with van der Waals surface area (Å²) in [6, 6.07) is 15.0. The van der Waals surface area contributed by atoms with Crippen molar-refractivity contribution in [2.45, 2.75) is 26.3 Å². The van der Waals surface area contributed by atoms with Crippen molar-refractivity contribution >= 4 is 46.0 Å². The number of rotatable bonds is 4. The van der Waals surface area contributed by atoms with Crippen LogP contribution in [0.4, 0.5) is 11.4 Å². The number of fused-ring (bicyclic) bond motifs is 3. The van der Waals surface area contributed by atoms with E-state index in [4.69, 9.17) is 0 Å². The number of nitrogens with zero attached hydrogens (tertiary/aromatic N) is 3. The van der Waals surface area contributed by atoms with Crippen LogP contribution in [0.1, 0.15) is 25.0 Å². The van der Waals surface area contributed by atoms with Gasteiger partial charge >= 0.3 is 0 Å². The summed E-state index contributed by atoms with van der Waals surface area (Å²) in [5.41, 5.74) is 3.59. The van der Waals surface area contributed by atoms with Gasteiger partial charge in [-0.15, -0.1) is 0 Å². The van der Waals surface area contributed by atoms with Crippen LogP contribution in [0.5, 0.6) is 0 Å². The van der Waals surface area contributed by atoms with Gasteiger partial charge in [0.1, 0.15) is 11.9 Å². The van der Waals surface area contributed by atoms with Gasteiger partial charge in [-0.25, -0.2) is 4.99 Å². The normalized spacial score (nSPS) is 17.6. The molecule has 2 aliphatic heterocycles. The standard InChI is InChI=1S/C21H20N4O2S/c1-3-14-8-10-15(11-9-14)22-18(26)12-28-21-23-17-7-5-4-6-16(17)19-24-20(27)13(2)25(19)21/h4-11,13H,3,12H2,1-2H3,(H,22,26). The quantitative estimate of drug-likeness (QED) is 0.863. The molecule has 1 unspecified atom stereocenters. The predicted octanol–water partition coefficient (Wildman–Crippen LogP) is 3.60. The van der Waals surface area contributed by atoms with Gasteiger partial charge in [-0.2, -0.15) is 4.99 Å². The molecule has 0 saturated heterocycles. The van der Waals surface area contributed by atoms with Gasteiger partial charge in [0.25, 0.3) is 5.91 Å². The molecule has 2 amide bonds. The average molecular weight is 392 g/mol. The maximum Gasteiger partial charge on any atom is 0.270 e. The Balaban J connectivity index is 1.49. The Hall–Kier alpha value is -2.93. The monoisotopic (exact) mass is 392 g/mol. The summed E-state index contributed by atoms with van der Waals surface area (Å²) in [6.45, 7) is 3.90. The topological polar surface area (TPSA) is 74.1 Å². The lowest BCUT2D eigenvalue weighted by molar-refractivity contribution is -0.119. The summed E-state index contributed by atoms with van der Waals surface area (Å²) in [4.78, 5) is 35.2. The molecular weight excluding hydrogens is 372 g/mol. The van der Waals surface area contributed by atoms with E-state index in [0.717, 1.165) is 23.4 Å². The number of para-hydroxylation sites is 1. The fraction of sp³-hybridized carbons (Fsp3) is 0.238. The summed E-state index contributed by atoms with van der Waals surface area (Å²) in [6.07, 6.45) is 0.960. The Morgan fingerprint density at radius 1 is 1.14 bits per heavy atom. The maximum atomic E-state index is 12.4. The Morgan fingerprint density at radius 2 is 1.89 bits per heavy atom. The van der Waals surface area contributed by atoms with Crippen LogP contribution in [0.2, 0.25) is 0 Å². The molecule has 142 valence electrons. The molecule has 0 spiro atoms. The lowest BCUT2D eigenvalue weighted by Crippen LogP contribution is -2.42. The van der Waals surface area contributed by atoms with Gasteiger partial charge in [0.2, 0.25) is 5.91 Å². The Morgan fingerprint density at radius 3 is 2.64 bits per heavy atom. The number of hydrogen-bond acceptors (Lipinski definition) is 5. The minimum absolute atomic E-state index is 0.118. The highest BCUT2D eigenvalue weighted by molar-refractivity contribution is 8.14. The van der Waals surface area contributed by atoms with Crippen molar-refractivity contribution in [3.8, 4) is 0 Å². The third-order valence-corrected chi connectivity index (χ3v) is 5.69. The van der Waals surface area contributed by atoms with Gasteiger partial charge < -0.3 is 5.32 Å². The predicted molar refractivity (Wildman–Crippen MR) is 113 cm³/mol. The molecule has 1 N–H and O–H groups in total. The number of nitrogens with one attached hydrogen (secondary N) is 1. The summed E-state index contributed by atoms with van der Waals surface area (Å²) in [7, 11) is 0. The van der Waals surface area contributed by atoms with Crippen LogP contribution in [0.25, 0.3) is 0 Å². The Labute approximate surface area is 167 Å². The molecule has 0 radical (unpaired) electrons. The van der Waals surface area contributed by atoms with E-state index in [1.807, 2.05) is 53.4 Å². The zero-order chi connectivity index (χ0) is 19.7. The van der Waals surface area contributed by atoms with E-state index in [-0.39, 0.29) is 17.6 Å². The number of aliphatic imine (C=N–C) groups is 2. The van der Waals surface area contributed by atoms with Crippen molar-refractivity contribution in [3.05, 3.63) is 59.7 Å². The average Bonchev–Trinajstić information content (AvgIpc) is 3.02. The van der Waals surface area contributed by atoms with Crippen LogP contribution < -0.4 is 5.32 Å². The first kappa shape index (κ1) is 18.4. The molecular formula is C21H20N4O2S. The Kier molecular flexibility index (Phi) is 5.00. The summed E-state index contributed by atoms with van der Waals surface area (Å²) < 4.78 is 0. The van der Waals surface area contributed by atoms with Gasteiger partial charge in [-0.1, -0.05) is 43.0 Å². The minimum Gasteiger partial charge on any atom is -0.325 e. The van der Waals surface area contributed by atoms with Gasteiger partial charge in [-0.3, -0.25) is 14.5 Å². The Bertz CT molecular complexity index is 998. The summed E-state index contributed by atoms with van der Waals surface area (Å²) >= 11 is 1.31. The van der Waals surface area contributed by atoms with Crippen LogP contribution in [-0.4, -0.2) is 39.5 Å². The van der Waals surface area contributed by atoms with E-state index in [2.05, 4.69) is 22.2 Å². The van der Waals surface area contributed by atoms with Crippen LogP contribution in [-0.2, 0) is 16.0 Å². The van der Waals surface area contributed by atoms with E-state index >= 15 is 0 Å². The lowest BCUT2D eigenvalue weighted by Gasteiger charge is -2.29. The molecule has 0 saturated carbocycles. The number of aryl methyl sites for hydroxylation is 1. The van der Waals surface area contributed by atoms with Crippen LogP contribution in [0, 0.1) is 0 Å². The fourth-order valence-electron chi connectivity index (χ4n) is 3.16. The molecule has 4 rings (SSSR count). The molecule has 28 heavy (non-hydrogen) atoms. The molecule has 2 aromatic carbocycles. The fourth-order valence-corrected chi connectivity index (χ4v) is 4.04. The highest BCUT2D eigenvalue weighted by Gasteiger charge is 2.39. The molecule has 0 aliphatic carbocycles. The molecule has 0 aromatic heterocycles. The van der Waals surface area contributed by atoms with Gasteiger partial charge in [0, 0.05) is 11.3 Å². The molecule has 0 bridgehead atoms. The first-order valence-corrected chi connectivity index (χ1v) is 10.2. The summed E-state index contributed by atoms with van der Waals surface area (Å²) in [5.74, 6) is 0.496. The first-order chi connectivity index (χ1) is 13.6. The second-order valence-electron chi connectivity index (χ2n) is 6.62. The second kappa shape index (κ2) is 7.59. The van der Waals surface area contributed by atoms with Crippen molar-refractivity contribution < 1.29 is 9.59 Å². The summed E-state index contributed by atoms with van der Waals surface area (Å²) in [5, 5.41) is 3.52. The first-order valence-electron chi connectivity index (χ1n) is 9.18. The number of amidine groups is 2. The number of thioether (sulfide) groups is 1. The van der Waals surface area contributed by atoms with Gasteiger partial charge in [0.15, 0.2) is 5.17 Å². The third kappa shape index (κ3) is 3.45. The van der Waals surface area contributed by atoms with Crippen LogP contribution >= 0.6 is 11.8 Å². The number of hydrogen-bond donors (Lipinski definition) is 1. The zero-order valence-electron chi connectivity index (χ0n) is 15.7. The van der Waals surface area contributed by atoms with E-state index in [1.165, 1.54) is 17.3 Å². The molecule has 7 heteroatoms. The largest absolute Gasteiger partial charge is 0.325 e. The van der Waals surface area contributed by atoms with Crippen molar-refractivity contribution in [1.82, 2.24) is 4.90 Å². The number of amides is 2. The minimum atomic E-state index is -0.417. The van der Waals surface area contributed by atoms with Crippen molar-refractivity contribution in [1.29, 1.82) is 0 Å². The van der Waals surface area contributed by atoms with Crippen molar-refractivity contribution in [2.75, 3.05) is 11.1 Å². The van der Waals surface area contributed by atoms with E-state index in [1.54, 1.807) is 6.92 Å². The molecule has 0 fully saturated rings. The van der Waals surface area contributed by atoms with Crippen molar-refractivity contribution in [2.24, 2.45) is 9.98 Å². The van der Waals surface area contributed by atoms with Crippen molar-refractivity contribution in [3.63, 3.8) is 0 Å². The number of anilines is 1. The third-order valence-electron chi connectivity index (χ3n) is 4.73. The zero-order valence-corrected chi connectivity index (χ0v) is 16.5. The van der Waals surface area contributed by atoms with E-state index < -0.39 is 6.04 Å². The molecule has 6 nitrogen and oxygen atoms in total. The maximum absolute atomic E-state index is 12.4. The van der Waals surface area contributed by atoms with Crippen LogP contribution in [0.3, 0.4) is 0 Å². The van der Waals surface area contributed by atoms with E-state index in [9.17, 15) is 9.59 Å². The van der Waals surface area contributed by atoms with Gasteiger partial charge in [-0.05, 0) is 43.2 Å². The smallest absolute Gasteiger partial charge is 0.270 e. The lowest BCUT2D eigenvalue weighted by atomic mass is 10.1. The highest BCUT2D eigenvalue weighted by Crippen LogP contribution is 2.33.